The van der Waals surface area contributed by atoms with Crippen molar-refractivity contribution in [1.82, 2.24) is 19.8 Å². The van der Waals surface area contributed by atoms with Crippen LogP contribution in [0.1, 0.15) is 28.0 Å². The summed E-state index contributed by atoms with van der Waals surface area (Å²) in [6.07, 6.45) is 5.16. The van der Waals surface area contributed by atoms with Crippen LogP contribution in [0.4, 0.5) is 10.2 Å². The summed E-state index contributed by atoms with van der Waals surface area (Å²) >= 11 is 0. The molecule has 1 unspecified atom stereocenters. The van der Waals surface area contributed by atoms with E-state index in [0.29, 0.717) is 17.2 Å². The minimum atomic E-state index is -0.140. The van der Waals surface area contributed by atoms with Gasteiger partial charge in [-0.1, -0.05) is 12.1 Å². The highest BCUT2D eigenvalue weighted by Crippen LogP contribution is 2.25. The Labute approximate surface area is 171 Å². The highest BCUT2D eigenvalue weighted by molar-refractivity contribution is 5.92. The summed E-state index contributed by atoms with van der Waals surface area (Å²) in [4.78, 5) is 27.9. The van der Waals surface area contributed by atoms with Gasteiger partial charge in [0.2, 0.25) is 0 Å². The van der Waals surface area contributed by atoms with Gasteiger partial charge in [0.05, 0.1) is 12.4 Å². The van der Waals surface area contributed by atoms with Crippen LogP contribution in [0.25, 0.3) is 0 Å². The van der Waals surface area contributed by atoms with E-state index in [0.717, 1.165) is 63.5 Å². The lowest BCUT2D eigenvalue weighted by atomic mass is 9.98. The number of anilines is 1. The van der Waals surface area contributed by atoms with Crippen molar-refractivity contribution >= 4 is 11.7 Å². The molecule has 3 heterocycles. The van der Waals surface area contributed by atoms with Crippen LogP contribution in [0.5, 0.6) is 0 Å². The van der Waals surface area contributed by atoms with Gasteiger partial charge in [-0.25, -0.2) is 9.37 Å². The number of hydrogen-bond acceptors (Lipinski definition) is 5. The van der Waals surface area contributed by atoms with E-state index in [9.17, 15) is 9.18 Å². The van der Waals surface area contributed by atoms with Gasteiger partial charge < -0.3 is 14.7 Å². The van der Waals surface area contributed by atoms with Crippen LogP contribution >= 0.6 is 0 Å². The second kappa shape index (κ2) is 8.45. The van der Waals surface area contributed by atoms with Gasteiger partial charge >= 0.3 is 0 Å². The minimum absolute atomic E-state index is 0.0432. The molecule has 6 nitrogen and oxygen atoms in total. The molecule has 154 valence electrons. The average Bonchev–Trinajstić information content (AvgIpc) is 3.19. The Morgan fingerprint density at radius 3 is 2.72 bits per heavy atom. The molecule has 1 atom stereocenters. The summed E-state index contributed by atoms with van der Waals surface area (Å²) in [5.41, 5.74) is 2.13. The van der Waals surface area contributed by atoms with Crippen molar-refractivity contribution in [1.29, 1.82) is 0 Å². The Balaban J connectivity index is 1.39. The molecule has 0 N–H and O–H groups in total. The molecule has 2 aromatic rings. The van der Waals surface area contributed by atoms with Crippen molar-refractivity contribution in [3.63, 3.8) is 0 Å². The average molecular weight is 397 g/mol. The van der Waals surface area contributed by atoms with Crippen LogP contribution in [0.2, 0.25) is 0 Å². The molecule has 2 aliphatic heterocycles. The minimum Gasteiger partial charge on any atom is -0.355 e. The molecule has 2 aliphatic rings. The normalized spacial score (nSPS) is 20.3. The van der Waals surface area contributed by atoms with Crippen LogP contribution < -0.4 is 4.90 Å². The number of carbonyl (C=O) groups is 1. The molecule has 4 rings (SSSR count). The van der Waals surface area contributed by atoms with Crippen LogP contribution in [0.15, 0.2) is 30.6 Å². The van der Waals surface area contributed by atoms with E-state index in [1.54, 1.807) is 25.4 Å². The summed E-state index contributed by atoms with van der Waals surface area (Å²) in [5, 5.41) is 0. The van der Waals surface area contributed by atoms with Crippen molar-refractivity contribution < 1.29 is 9.18 Å². The van der Waals surface area contributed by atoms with Gasteiger partial charge in [-0.15, -0.1) is 0 Å². The Bertz CT molecular complexity index is 881. The number of halogens is 1. The number of benzene rings is 1. The monoisotopic (exact) mass is 397 g/mol. The summed E-state index contributed by atoms with van der Waals surface area (Å²) in [7, 11) is 2.07. The Hall–Kier alpha value is -2.54. The summed E-state index contributed by atoms with van der Waals surface area (Å²) < 4.78 is 13.8. The van der Waals surface area contributed by atoms with E-state index in [1.807, 2.05) is 17.0 Å². The number of carbonyl (C=O) groups excluding carboxylic acids is 1. The van der Waals surface area contributed by atoms with Gasteiger partial charge in [0.1, 0.15) is 17.3 Å². The van der Waals surface area contributed by atoms with Gasteiger partial charge in [-0.05, 0) is 49.9 Å². The Kier molecular flexibility index (Phi) is 5.76. The zero-order valence-electron chi connectivity index (χ0n) is 17.1. The number of hydrogen-bond donors (Lipinski definition) is 0. The zero-order valence-corrected chi connectivity index (χ0v) is 17.1. The molecule has 0 aliphatic carbocycles. The van der Waals surface area contributed by atoms with Crippen molar-refractivity contribution in [3.05, 3.63) is 53.2 Å². The standard InChI is InChI=1S/C22H28FN5O/c1-16-3-4-17(12-19(16)23)11-18-5-6-28(15-18)21-14-24-13-20(25-21)22(29)27-9-7-26(2)8-10-27/h3-4,12-14,18H,5-11,15H2,1-2H3. The first-order valence-corrected chi connectivity index (χ1v) is 10.3. The highest BCUT2D eigenvalue weighted by atomic mass is 19.1. The third kappa shape index (κ3) is 4.56. The van der Waals surface area contributed by atoms with Crippen LogP contribution in [0, 0.1) is 18.7 Å². The third-order valence-corrected chi connectivity index (χ3v) is 6.00. The molecular weight excluding hydrogens is 369 g/mol. The fourth-order valence-electron chi connectivity index (χ4n) is 4.09. The summed E-state index contributed by atoms with van der Waals surface area (Å²) in [6.45, 7) is 6.71. The first kappa shape index (κ1) is 19.8. The van der Waals surface area contributed by atoms with Crippen LogP contribution in [0.3, 0.4) is 0 Å². The van der Waals surface area contributed by atoms with Crippen LogP contribution in [-0.2, 0) is 6.42 Å². The largest absolute Gasteiger partial charge is 0.355 e. The van der Waals surface area contributed by atoms with Crippen molar-refractivity contribution in [2.45, 2.75) is 19.8 Å². The number of likely N-dealkylation sites (N-methyl/N-ethyl adjacent to an activating group) is 1. The maximum atomic E-state index is 13.8. The summed E-state index contributed by atoms with van der Waals surface area (Å²) in [6, 6.07) is 5.50. The van der Waals surface area contributed by atoms with Gasteiger partial charge in [0.15, 0.2) is 0 Å². The predicted octanol–water partition coefficient (Wildman–Crippen LogP) is 2.38. The fraction of sp³-hybridized carbons (Fsp3) is 0.500. The van der Waals surface area contributed by atoms with E-state index in [1.165, 1.54) is 0 Å². The highest BCUT2D eigenvalue weighted by Gasteiger charge is 2.26. The molecule has 1 aromatic heterocycles. The zero-order chi connectivity index (χ0) is 20.4. The molecule has 0 bridgehead atoms. The number of aromatic nitrogens is 2. The Morgan fingerprint density at radius 1 is 1.17 bits per heavy atom. The van der Waals surface area contributed by atoms with Gasteiger partial charge in [0.25, 0.3) is 5.91 Å². The number of piperazine rings is 1. The molecule has 1 aromatic carbocycles. The van der Waals surface area contributed by atoms with Crippen molar-refractivity contribution in [3.8, 4) is 0 Å². The molecule has 29 heavy (non-hydrogen) atoms. The molecule has 0 spiro atoms. The van der Waals surface area contributed by atoms with Gasteiger partial charge in [-0.3, -0.25) is 9.78 Å². The first-order valence-electron chi connectivity index (χ1n) is 10.3. The smallest absolute Gasteiger partial charge is 0.274 e. The van der Waals surface area contributed by atoms with E-state index < -0.39 is 0 Å². The second-order valence-corrected chi connectivity index (χ2v) is 8.25. The number of aryl methyl sites for hydroxylation is 1. The number of rotatable bonds is 4. The lowest BCUT2D eigenvalue weighted by molar-refractivity contribution is 0.0658. The molecule has 2 saturated heterocycles. The summed E-state index contributed by atoms with van der Waals surface area (Å²) in [5.74, 6) is 1.01. The topological polar surface area (TPSA) is 52.6 Å². The first-order chi connectivity index (χ1) is 14.0. The SMILES string of the molecule is Cc1ccc(CC2CCN(c3cncc(C(=O)N4CCN(C)CC4)n3)C2)cc1F. The molecule has 1 amide bonds. The fourth-order valence-corrected chi connectivity index (χ4v) is 4.09. The van der Waals surface area contributed by atoms with Crippen LogP contribution in [-0.4, -0.2) is 72.0 Å². The lowest BCUT2D eigenvalue weighted by Crippen LogP contribution is -2.47. The Morgan fingerprint density at radius 2 is 1.97 bits per heavy atom. The van der Waals surface area contributed by atoms with E-state index in [2.05, 4.69) is 26.8 Å². The van der Waals surface area contributed by atoms with Gasteiger partial charge in [0, 0.05) is 39.3 Å². The van der Waals surface area contributed by atoms with Crippen molar-refractivity contribution in [2.24, 2.45) is 5.92 Å². The molecule has 2 fully saturated rings. The molecule has 0 radical (unpaired) electrons. The molecule has 7 heteroatoms. The maximum Gasteiger partial charge on any atom is 0.274 e. The lowest BCUT2D eigenvalue weighted by Gasteiger charge is -2.32. The maximum absolute atomic E-state index is 13.8. The number of nitrogens with zero attached hydrogens (tertiary/aromatic N) is 5. The van der Waals surface area contributed by atoms with E-state index in [-0.39, 0.29) is 11.7 Å². The van der Waals surface area contributed by atoms with E-state index >= 15 is 0 Å². The van der Waals surface area contributed by atoms with Crippen molar-refractivity contribution in [2.75, 3.05) is 51.2 Å². The van der Waals surface area contributed by atoms with E-state index in [4.69, 9.17) is 0 Å². The second-order valence-electron chi connectivity index (χ2n) is 8.25. The molecular formula is C22H28FN5O. The number of amides is 1. The quantitative estimate of drug-likeness (QED) is 0.793. The predicted molar refractivity (Wildman–Crippen MR) is 111 cm³/mol. The molecule has 0 saturated carbocycles. The van der Waals surface area contributed by atoms with Gasteiger partial charge in [-0.2, -0.15) is 0 Å². The third-order valence-electron chi connectivity index (χ3n) is 6.00.